The lowest BCUT2D eigenvalue weighted by atomic mass is 10.0. The summed E-state index contributed by atoms with van der Waals surface area (Å²) in [5.74, 6) is -0.775. The van der Waals surface area contributed by atoms with Gasteiger partial charge in [0.25, 0.3) is 5.69 Å². The zero-order valence-electron chi connectivity index (χ0n) is 16.8. The highest BCUT2D eigenvalue weighted by molar-refractivity contribution is 5.94. The molecule has 0 saturated carbocycles. The number of methoxy groups -OCH3 is 2. The summed E-state index contributed by atoms with van der Waals surface area (Å²) in [6.45, 7) is 5.19. The minimum atomic E-state index is -0.871. The number of nitrogens with zero attached hydrogens (tertiary/aromatic N) is 3. The number of carbonyl (C=O) groups excluding carboxylic acids is 2. The van der Waals surface area contributed by atoms with Gasteiger partial charge in [-0.25, -0.2) is 9.59 Å². The van der Waals surface area contributed by atoms with Crippen LogP contribution in [-0.4, -0.2) is 62.2 Å². The lowest BCUT2D eigenvalue weighted by Gasteiger charge is -2.35. The van der Waals surface area contributed by atoms with Gasteiger partial charge in [0.2, 0.25) is 0 Å². The van der Waals surface area contributed by atoms with E-state index >= 15 is 0 Å². The van der Waals surface area contributed by atoms with Crippen molar-refractivity contribution in [3.05, 3.63) is 34.4 Å². The lowest BCUT2D eigenvalue weighted by Crippen LogP contribution is -2.54. The third-order valence-corrected chi connectivity index (χ3v) is 3.87. The Morgan fingerprint density at radius 3 is 2.11 bits per heavy atom. The number of urea groups is 1. The van der Waals surface area contributed by atoms with Gasteiger partial charge in [-0.2, -0.15) is 0 Å². The van der Waals surface area contributed by atoms with Crippen LogP contribution in [0.5, 0.6) is 0 Å². The zero-order chi connectivity index (χ0) is 21.3. The molecule has 156 valence electrons. The van der Waals surface area contributed by atoms with Gasteiger partial charge in [0.05, 0.1) is 11.5 Å². The first-order valence-electron chi connectivity index (χ1n) is 8.75. The number of hydrogen-bond donors (Lipinski definition) is 0. The summed E-state index contributed by atoms with van der Waals surface area (Å²) < 4.78 is 15.4. The van der Waals surface area contributed by atoms with Gasteiger partial charge in [0, 0.05) is 32.0 Å². The third-order valence-electron chi connectivity index (χ3n) is 3.87. The van der Waals surface area contributed by atoms with Crippen molar-refractivity contribution in [1.29, 1.82) is 0 Å². The number of benzene rings is 1. The molecule has 10 nitrogen and oxygen atoms in total. The summed E-state index contributed by atoms with van der Waals surface area (Å²) >= 11 is 0. The van der Waals surface area contributed by atoms with E-state index < -0.39 is 23.0 Å². The molecule has 0 aliphatic carbocycles. The molecule has 0 fully saturated rings. The summed E-state index contributed by atoms with van der Waals surface area (Å²) in [5, 5.41) is 10.9. The number of non-ortho nitro benzene ring substituents is 1. The molecule has 2 amide bonds. The second-order valence-corrected chi connectivity index (χ2v) is 6.23. The summed E-state index contributed by atoms with van der Waals surface area (Å²) in [5.41, 5.74) is 0.277. The predicted molar refractivity (Wildman–Crippen MR) is 102 cm³/mol. The molecule has 1 atom stereocenters. The fraction of sp³-hybridized carbons (Fsp3) is 0.556. The second kappa shape index (κ2) is 11.2. The van der Waals surface area contributed by atoms with Gasteiger partial charge in [0.15, 0.2) is 0 Å². The van der Waals surface area contributed by atoms with Gasteiger partial charge in [-0.05, 0) is 25.0 Å². The van der Waals surface area contributed by atoms with Gasteiger partial charge in [0.1, 0.15) is 19.5 Å². The number of amides is 2. The van der Waals surface area contributed by atoms with E-state index in [1.807, 2.05) is 0 Å². The van der Waals surface area contributed by atoms with Crippen molar-refractivity contribution >= 4 is 23.4 Å². The van der Waals surface area contributed by atoms with E-state index in [9.17, 15) is 19.7 Å². The van der Waals surface area contributed by atoms with Gasteiger partial charge in [-0.1, -0.05) is 13.8 Å². The Morgan fingerprint density at radius 2 is 1.68 bits per heavy atom. The van der Waals surface area contributed by atoms with Crippen LogP contribution in [-0.2, 0) is 19.0 Å². The molecule has 0 bridgehead atoms. The number of rotatable bonds is 10. The molecular formula is C18H27N3O7. The Hall–Kier alpha value is -2.72. The molecule has 0 aliphatic heterocycles. The number of anilines is 1. The Morgan fingerprint density at radius 1 is 1.11 bits per heavy atom. The molecule has 1 aromatic carbocycles. The van der Waals surface area contributed by atoms with Crippen LogP contribution >= 0.6 is 0 Å². The normalized spacial score (nSPS) is 11.8. The van der Waals surface area contributed by atoms with E-state index in [-0.39, 0.29) is 31.7 Å². The summed E-state index contributed by atoms with van der Waals surface area (Å²) in [4.78, 5) is 38.5. The maximum atomic E-state index is 13.2. The van der Waals surface area contributed by atoms with Crippen molar-refractivity contribution in [3.63, 3.8) is 0 Å². The smallest absolute Gasteiger partial charge is 0.329 e. The van der Waals surface area contributed by atoms with E-state index in [1.165, 1.54) is 48.3 Å². The maximum Gasteiger partial charge on any atom is 0.329 e. The first kappa shape index (κ1) is 23.3. The molecule has 1 rings (SSSR count). The average molecular weight is 397 g/mol. The van der Waals surface area contributed by atoms with Crippen LogP contribution in [0.25, 0.3) is 0 Å². The van der Waals surface area contributed by atoms with Gasteiger partial charge < -0.3 is 14.2 Å². The first-order valence-corrected chi connectivity index (χ1v) is 8.75. The van der Waals surface area contributed by atoms with Gasteiger partial charge in [-0.15, -0.1) is 0 Å². The monoisotopic (exact) mass is 397 g/mol. The number of hydrogen-bond acceptors (Lipinski definition) is 7. The largest absolute Gasteiger partial charge is 0.464 e. The van der Waals surface area contributed by atoms with E-state index in [0.29, 0.717) is 5.69 Å². The van der Waals surface area contributed by atoms with E-state index in [1.54, 1.807) is 20.8 Å². The maximum absolute atomic E-state index is 13.2. The molecule has 0 spiro atoms. The zero-order valence-corrected chi connectivity index (χ0v) is 16.8. The second-order valence-electron chi connectivity index (χ2n) is 6.23. The Labute approximate surface area is 164 Å². The van der Waals surface area contributed by atoms with Gasteiger partial charge >= 0.3 is 12.0 Å². The fourth-order valence-electron chi connectivity index (χ4n) is 2.66. The molecule has 0 heterocycles. The molecule has 0 unspecified atom stereocenters. The van der Waals surface area contributed by atoms with E-state index in [2.05, 4.69) is 0 Å². The first-order chi connectivity index (χ1) is 13.3. The molecule has 0 aromatic heterocycles. The van der Waals surface area contributed by atoms with Gasteiger partial charge in [-0.3, -0.25) is 19.9 Å². The van der Waals surface area contributed by atoms with E-state index in [4.69, 9.17) is 14.2 Å². The summed E-state index contributed by atoms with van der Waals surface area (Å²) in [6, 6.07) is 4.03. The highest BCUT2D eigenvalue weighted by Crippen LogP contribution is 2.23. The highest BCUT2D eigenvalue weighted by atomic mass is 16.6. The quantitative estimate of drug-likeness (QED) is 0.258. The Balaban J connectivity index is 3.27. The van der Waals surface area contributed by atoms with Crippen LogP contribution in [0.1, 0.15) is 20.8 Å². The number of nitro groups is 1. The molecular weight excluding hydrogens is 370 g/mol. The number of esters is 1. The number of carbonyl (C=O) groups is 2. The van der Waals surface area contributed by atoms with E-state index in [0.717, 1.165) is 0 Å². The lowest BCUT2D eigenvalue weighted by molar-refractivity contribution is -0.384. The van der Waals surface area contributed by atoms with Crippen molar-refractivity contribution in [2.45, 2.75) is 26.8 Å². The Bertz CT molecular complexity index is 664. The minimum absolute atomic E-state index is 0.103. The minimum Gasteiger partial charge on any atom is -0.464 e. The number of ether oxygens (including phenoxy) is 3. The summed E-state index contributed by atoms with van der Waals surface area (Å²) in [7, 11) is 2.83. The van der Waals surface area contributed by atoms with Crippen LogP contribution in [0.4, 0.5) is 16.2 Å². The van der Waals surface area contributed by atoms with Crippen LogP contribution in [0.2, 0.25) is 0 Å². The third kappa shape index (κ3) is 5.89. The molecule has 0 radical (unpaired) electrons. The van der Waals surface area contributed by atoms with Crippen LogP contribution in [0.3, 0.4) is 0 Å². The van der Waals surface area contributed by atoms with Crippen LogP contribution in [0, 0.1) is 16.0 Å². The molecule has 28 heavy (non-hydrogen) atoms. The molecule has 0 N–H and O–H groups in total. The van der Waals surface area contributed by atoms with Crippen molar-refractivity contribution < 1.29 is 28.7 Å². The molecule has 0 saturated heterocycles. The highest BCUT2D eigenvalue weighted by Gasteiger charge is 2.36. The number of nitro benzene ring substituents is 1. The molecule has 10 heteroatoms. The van der Waals surface area contributed by atoms with Crippen molar-refractivity contribution in [2.24, 2.45) is 5.92 Å². The Kier molecular flexibility index (Phi) is 9.33. The SMILES string of the molecule is CCOC(=O)[C@H](C(C)C)N(COC)C(=O)N(COC)c1ccc([N+](=O)[O-])cc1. The van der Waals surface area contributed by atoms with Crippen molar-refractivity contribution in [3.8, 4) is 0 Å². The fourth-order valence-corrected chi connectivity index (χ4v) is 2.66. The van der Waals surface area contributed by atoms with Crippen LogP contribution in [0.15, 0.2) is 24.3 Å². The topological polar surface area (TPSA) is 111 Å². The van der Waals surface area contributed by atoms with Crippen LogP contribution < -0.4 is 4.90 Å². The average Bonchev–Trinajstić information content (AvgIpc) is 2.65. The molecule has 0 aliphatic rings. The molecule has 1 aromatic rings. The standard InChI is InChI=1S/C18H27N3O7/c1-6-28-17(22)16(13(2)3)20(12-27-5)18(23)19(11-26-4)14-7-9-15(10-8-14)21(24)25/h7-10,13,16H,6,11-12H2,1-5H3/t16-/m0/s1. The predicted octanol–water partition coefficient (Wildman–Crippen LogP) is 2.62. The van der Waals surface area contributed by atoms with Crippen molar-refractivity contribution in [2.75, 3.05) is 39.2 Å². The summed E-state index contributed by atoms with van der Waals surface area (Å²) in [6.07, 6.45) is 0. The van der Waals surface area contributed by atoms with Crippen molar-refractivity contribution in [1.82, 2.24) is 4.90 Å².